The highest BCUT2D eigenvalue weighted by molar-refractivity contribution is 5.96. The Bertz CT molecular complexity index is 1050. The van der Waals surface area contributed by atoms with E-state index in [2.05, 4.69) is 25.6 Å². The van der Waals surface area contributed by atoms with Crippen LogP contribution in [0.1, 0.15) is 10.4 Å². The molecule has 10 heteroatoms. The SMILES string of the molecule is CNc1nc(Nc2cc(F)c(C(=O)N3CCOCC3)cc2OC)nc2[nH]ccc12. The van der Waals surface area contributed by atoms with Crippen LogP contribution in [0.25, 0.3) is 11.0 Å². The van der Waals surface area contributed by atoms with Crippen LogP contribution in [-0.2, 0) is 4.74 Å². The van der Waals surface area contributed by atoms with Crippen molar-refractivity contribution in [2.24, 2.45) is 0 Å². The van der Waals surface area contributed by atoms with Crippen molar-refractivity contribution < 1.29 is 18.7 Å². The molecule has 3 aromatic rings. The zero-order valence-electron chi connectivity index (χ0n) is 16.1. The lowest BCUT2D eigenvalue weighted by Crippen LogP contribution is -2.41. The van der Waals surface area contributed by atoms with Crippen LogP contribution in [0.2, 0.25) is 0 Å². The Morgan fingerprint density at radius 3 is 2.83 bits per heavy atom. The molecule has 4 rings (SSSR count). The van der Waals surface area contributed by atoms with E-state index < -0.39 is 11.7 Å². The second-order valence-electron chi connectivity index (χ2n) is 6.45. The fourth-order valence-corrected chi connectivity index (χ4v) is 3.23. The first kappa shape index (κ1) is 18.9. The zero-order valence-corrected chi connectivity index (χ0v) is 16.1. The number of fused-ring (bicyclic) bond motifs is 1. The number of nitrogens with zero attached hydrogens (tertiary/aromatic N) is 3. The molecule has 1 aromatic carbocycles. The number of methoxy groups -OCH3 is 1. The van der Waals surface area contributed by atoms with Crippen LogP contribution in [-0.4, -0.2) is 66.2 Å². The number of aromatic amines is 1. The Kier molecular flexibility index (Phi) is 5.17. The number of nitrogens with one attached hydrogen (secondary N) is 3. The van der Waals surface area contributed by atoms with Gasteiger partial charge in [-0.2, -0.15) is 9.97 Å². The molecule has 1 saturated heterocycles. The molecule has 0 aliphatic carbocycles. The lowest BCUT2D eigenvalue weighted by molar-refractivity contribution is 0.0299. The lowest BCUT2D eigenvalue weighted by Gasteiger charge is -2.27. The minimum absolute atomic E-state index is 0.0500. The predicted molar refractivity (Wildman–Crippen MR) is 106 cm³/mol. The summed E-state index contributed by atoms with van der Waals surface area (Å²) in [5.41, 5.74) is 0.896. The van der Waals surface area contributed by atoms with Gasteiger partial charge in [0.2, 0.25) is 5.95 Å². The number of aromatic nitrogens is 3. The quantitative estimate of drug-likeness (QED) is 0.604. The molecule has 0 spiro atoms. The van der Waals surface area contributed by atoms with E-state index in [0.717, 1.165) is 5.39 Å². The Morgan fingerprint density at radius 1 is 1.31 bits per heavy atom. The Hall–Kier alpha value is -3.40. The monoisotopic (exact) mass is 400 g/mol. The smallest absolute Gasteiger partial charge is 0.257 e. The van der Waals surface area contributed by atoms with Gasteiger partial charge >= 0.3 is 0 Å². The Balaban J connectivity index is 1.66. The summed E-state index contributed by atoms with van der Waals surface area (Å²) in [4.78, 5) is 26.1. The number of hydrogen-bond acceptors (Lipinski definition) is 7. The third-order valence-electron chi connectivity index (χ3n) is 4.72. The van der Waals surface area contributed by atoms with Crippen molar-refractivity contribution in [2.75, 3.05) is 51.1 Å². The maximum Gasteiger partial charge on any atom is 0.257 e. The van der Waals surface area contributed by atoms with Gasteiger partial charge in [0.05, 0.1) is 37.0 Å². The highest BCUT2D eigenvalue weighted by atomic mass is 19.1. The van der Waals surface area contributed by atoms with E-state index in [0.29, 0.717) is 49.2 Å². The van der Waals surface area contributed by atoms with Crippen molar-refractivity contribution in [3.05, 3.63) is 35.8 Å². The number of morpholine rings is 1. The average molecular weight is 400 g/mol. The van der Waals surface area contributed by atoms with Gasteiger partial charge in [0.15, 0.2) is 0 Å². The summed E-state index contributed by atoms with van der Waals surface area (Å²) in [6.07, 6.45) is 1.76. The topological polar surface area (TPSA) is 104 Å². The third kappa shape index (κ3) is 3.66. The fourth-order valence-electron chi connectivity index (χ4n) is 3.23. The number of hydrogen-bond donors (Lipinski definition) is 3. The molecular formula is C19H21FN6O3. The van der Waals surface area contributed by atoms with Crippen molar-refractivity contribution in [3.8, 4) is 5.75 Å². The van der Waals surface area contributed by atoms with Crippen LogP contribution < -0.4 is 15.4 Å². The van der Waals surface area contributed by atoms with E-state index in [-0.39, 0.29) is 11.5 Å². The molecule has 9 nitrogen and oxygen atoms in total. The van der Waals surface area contributed by atoms with Crippen LogP contribution in [0.3, 0.4) is 0 Å². The maximum atomic E-state index is 14.8. The normalized spacial score (nSPS) is 14.1. The van der Waals surface area contributed by atoms with Gasteiger partial charge in [-0.05, 0) is 12.1 Å². The number of carbonyl (C=O) groups excluding carboxylic acids is 1. The van der Waals surface area contributed by atoms with Crippen molar-refractivity contribution in [3.63, 3.8) is 0 Å². The molecule has 152 valence electrons. The van der Waals surface area contributed by atoms with Crippen molar-refractivity contribution in [1.82, 2.24) is 19.9 Å². The highest BCUT2D eigenvalue weighted by Gasteiger charge is 2.24. The van der Waals surface area contributed by atoms with E-state index in [9.17, 15) is 9.18 Å². The molecular weight excluding hydrogens is 379 g/mol. The highest BCUT2D eigenvalue weighted by Crippen LogP contribution is 2.31. The molecule has 1 amide bonds. The molecule has 3 N–H and O–H groups in total. The number of ether oxygens (including phenoxy) is 2. The number of rotatable bonds is 5. The van der Waals surface area contributed by atoms with Gasteiger partial charge < -0.3 is 30.0 Å². The minimum Gasteiger partial charge on any atom is -0.495 e. The second-order valence-corrected chi connectivity index (χ2v) is 6.45. The molecule has 0 radical (unpaired) electrons. The lowest BCUT2D eigenvalue weighted by atomic mass is 10.1. The largest absolute Gasteiger partial charge is 0.495 e. The van der Waals surface area contributed by atoms with Crippen LogP contribution in [0.15, 0.2) is 24.4 Å². The van der Waals surface area contributed by atoms with Crippen LogP contribution in [0.4, 0.5) is 21.8 Å². The molecule has 1 aliphatic rings. The molecule has 2 aromatic heterocycles. The molecule has 0 bridgehead atoms. The number of halogens is 1. The Morgan fingerprint density at radius 2 is 2.10 bits per heavy atom. The second kappa shape index (κ2) is 7.92. The number of anilines is 3. The molecule has 0 atom stereocenters. The molecule has 3 heterocycles. The van der Waals surface area contributed by atoms with Gasteiger partial charge in [0, 0.05) is 32.4 Å². The summed E-state index contributed by atoms with van der Waals surface area (Å²) in [7, 11) is 3.21. The van der Waals surface area contributed by atoms with Crippen LogP contribution in [0, 0.1) is 5.82 Å². The Labute approximate surface area is 166 Å². The van der Waals surface area contributed by atoms with Crippen LogP contribution >= 0.6 is 0 Å². The molecule has 0 saturated carbocycles. The van der Waals surface area contributed by atoms with Gasteiger partial charge in [-0.15, -0.1) is 0 Å². The molecule has 1 fully saturated rings. The minimum atomic E-state index is -0.653. The fraction of sp³-hybridized carbons (Fsp3) is 0.316. The maximum absolute atomic E-state index is 14.8. The standard InChI is InChI=1S/C19H21FN6O3/c1-21-16-11-3-4-22-17(11)25-19(24-16)23-14-10-13(20)12(9-15(14)28-2)18(27)26-5-7-29-8-6-26/h3-4,9-10H,5-8H2,1-2H3,(H3,21,22,23,24,25). The first-order chi connectivity index (χ1) is 14.1. The van der Waals surface area contributed by atoms with Crippen molar-refractivity contribution >= 4 is 34.4 Å². The molecule has 0 unspecified atom stereocenters. The van der Waals surface area contributed by atoms with E-state index in [1.54, 1.807) is 18.1 Å². The first-order valence-electron chi connectivity index (χ1n) is 9.15. The molecule has 29 heavy (non-hydrogen) atoms. The van der Waals surface area contributed by atoms with E-state index >= 15 is 0 Å². The summed E-state index contributed by atoms with van der Waals surface area (Å²) in [5.74, 6) is 0.146. The van der Waals surface area contributed by atoms with Gasteiger partial charge in [-0.25, -0.2) is 4.39 Å². The zero-order chi connectivity index (χ0) is 20.4. The van der Waals surface area contributed by atoms with Crippen molar-refractivity contribution in [2.45, 2.75) is 0 Å². The molecule has 1 aliphatic heterocycles. The summed E-state index contributed by atoms with van der Waals surface area (Å²) < 4.78 is 25.4. The van der Waals surface area contributed by atoms with Gasteiger partial charge in [-0.3, -0.25) is 4.79 Å². The van der Waals surface area contributed by atoms with E-state index in [1.807, 2.05) is 6.07 Å². The van der Waals surface area contributed by atoms with Gasteiger partial charge in [0.25, 0.3) is 5.91 Å². The predicted octanol–water partition coefficient (Wildman–Crippen LogP) is 2.36. The van der Waals surface area contributed by atoms with Crippen LogP contribution in [0.5, 0.6) is 5.75 Å². The van der Waals surface area contributed by atoms with E-state index in [4.69, 9.17) is 9.47 Å². The first-order valence-corrected chi connectivity index (χ1v) is 9.15. The van der Waals surface area contributed by atoms with Gasteiger partial charge in [0.1, 0.15) is 23.0 Å². The van der Waals surface area contributed by atoms with Gasteiger partial charge in [-0.1, -0.05) is 0 Å². The summed E-state index contributed by atoms with van der Waals surface area (Å²) in [6.45, 7) is 1.74. The average Bonchev–Trinajstić information content (AvgIpc) is 3.22. The number of benzene rings is 1. The number of amides is 1. The third-order valence-corrected chi connectivity index (χ3v) is 4.72. The number of H-pyrrole nitrogens is 1. The summed E-state index contributed by atoms with van der Waals surface area (Å²) >= 11 is 0. The summed E-state index contributed by atoms with van der Waals surface area (Å²) in [5, 5.41) is 6.82. The van der Waals surface area contributed by atoms with Crippen molar-refractivity contribution in [1.29, 1.82) is 0 Å². The number of carbonyl (C=O) groups is 1. The summed E-state index contributed by atoms with van der Waals surface area (Å²) in [6, 6.07) is 4.46. The van der Waals surface area contributed by atoms with E-state index in [1.165, 1.54) is 19.2 Å².